The highest BCUT2D eigenvalue weighted by Gasteiger charge is 2.18. The molecular weight excluding hydrogens is 284 g/mol. The molecule has 0 fully saturated rings. The van der Waals surface area contributed by atoms with E-state index in [2.05, 4.69) is 4.74 Å². The summed E-state index contributed by atoms with van der Waals surface area (Å²) in [6.07, 6.45) is 0. The van der Waals surface area contributed by atoms with Crippen LogP contribution in [0.3, 0.4) is 0 Å². The molecule has 0 aromatic carbocycles. The van der Waals surface area contributed by atoms with Gasteiger partial charge in [0, 0.05) is 5.56 Å². The van der Waals surface area contributed by atoms with E-state index in [0.29, 0.717) is 16.4 Å². The molecule has 0 atom stereocenters. The van der Waals surface area contributed by atoms with Gasteiger partial charge in [-0.2, -0.15) is 0 Å². The molecule has 0 bridgehead atoms. The van der Waals surface area contributed by atoms with Crippen molar-refractivity contribution in [3.05, 3.63) is 32.6 Å². The van der Waals surface area contributed by atoms with E-state index in [1.54, 1.807) is 13.0 Å². The maximum atomic E-state index is 11.8. The van der Waals surface area contributed by atoms with Gasteiger partial charge >= 0.3 is 11.9 Å². The maximum Gasteiger partial charge on any atom is 0.348 e. The zero-order valence-corrected chi connectivity index (χ0v) is 12.1. The Balaban J connectivity index is 2.32. The fraction of sp³-hybridized carbons (Fsp3) is 0.231. The second-order valence-corrected chi connectivity index (χ2v) is 5.40. The van der Waals surface area contributed by atoms with Crippen molar-refractivity contribution in [2.24, 2.45) is 0 Å². The topological polar surface area (TPSA) is 52.6 Å². The molecule has 0 aliphatic rings. The van der Waals surface area contributed by atoms with Gasteiger partial charge in [-0.05, 0) is 35.4 Å². The Hall–Kier alpha value is -1.66. The molecule has 0 N–H and O–H groups in total. The monoisotopic (exact) mass is 296 g/mol. The molecule has 6 heteroatoms. The van der Waals surface area contributed by atoms with Crippen molar-refractivity contribution >= 4 is 34.6 Å². The van der Waals surface area contributed by atoms with Crippen LogP contribution in [0.5, 0.6) is 0 Å². The molecule has 0 unspecified atom stereocenters. The highest BCUT2D eigenvalue weighted by Crippen LogP contribution is 2.32. The van der Waals surface area contributed by atoms with Crippen LogP contribution >= 0.6 is 22.7 Å². The van der Waals surface area contributed by atoms with Crippen LogP contribution in [-0.4, -0.2) is 25.7 Å². The lowest BCUT2D eigenvalue weighted by molar-refractivity contribution is 0.0532. The van der Waals surface area contributed by atoms with Crippen LogP contribution in [0.2, 0.25) is 0 Å². The van der Waals surface area contributed by atoms with Crippen LogP contribution in [0, 0.1) is 0 Å². The summed E-state index contributed by atoms with van der Waals surface area (Å²) in [7, 11) is 1.34. The fourth-order valence-electron chi connectivity index (χ4n) is 1.58. The molecule has 100 valence electrons. The molecule has 0 spiro atoms. The van der Waals surface area contributed by atoms with Gasteiger partial charge in [0.15, 0.2) is 0 Å². The highest BCUT2D eigenvalue weighted by atomic mass is 32.1. The molecule has 2 aromatic heterocycles. The summed E-state index contributed by atoms with van der Waals surface area (Å²) >= 11 is 2.62. The second kappa shape index (κ2) is 5.99. The number of esters is 2. The zero-order chi connectivity index (χ0) is 13.8. The standard InChI is InChI=1S/C13H12O4S2/c1-3-17-13(15)11-9(4-5-18-11)8-6-10(19-7-8)12(14)16-2/h4-7H,3H2,1-2H3. The van der Waals surface area contributed by atoms with E-state index in [1.807, 2.05) is 16.8 Å². The summed E-state index contributed by atoms with van der Waals surface area (Å²) in [5, 5.41) is 3.66. The van der Waals surface area contributed by atoms with Gasteiger partial charge in [-0.15, -0.1) is 22.7 Å². The molecular formula is C13H12O4S2. The van der Waals surface area contributed by atoms with E-state index < -0.39 is 0 Å². The number of carbonyl (C=O) groups excluding carboxylic acids is 2. The third kappa shape index (κ3) is 2.85. The van der Waals surface area contributed by atoms with Crippen molar-refractivity contribution in [1.29, 1.82) is 0 Å². The SMILES string of the molecule is CCOC(=O)c1sccc1-c1csc(C(=O)OC)c1. The Labute approximate surface area is 118 Å². The van der Waals surface area contributed by atoms with Gasteiger partial charge in [0.05, 0.1) is 13.7 Å². The number of ether oxygens (including phenoxy) is 2. The summed E-state index contributed by atoms with van der Waals surface area (Å²) in [6, 6.07) is 3.57. The van der Waals surface area contributed by atoms with Crippen LogP contribution < -0.4 is 0 Å². The molecule has 19 heavy (non-hydrogen) atoms. The van der Waals surface area contributed by atoms with E-state index in [4.69, 9.17) is 4.74 Å². The first-order valence-electron chi connectivity index (χ1n) is 5.59. The Bertz CT molecular complexity index is 597. The summed E-state index contributed by atoms with van der Waals surface area (Å²) in [5.74, 6) is -0.706. The van der Waals surface area contributed by atoms with Gasteiger partial charge < -0.3 is 9.47 Å². The lowest BCUT2D eigenvalue weighted by Gasteiger charge is -2.01. The minimum Gasteiger partial charge on any atom is -0.465 e. The Morgan fingerprint density at radius 1 is 1.26 bits per heavy atom. The highest BCUT2D eigenvalue weighted by molar-refractivity contribution is 7.13. The normalized spacial score (nSPS) is 10.2. The first-order valence-corrected chi connectivity index (χ1v) is 7.35. The van der Waals surface area contributed by atoms with Gasteiger partial charge in [0.2, 0.25) is 0 Å². The van der Waals surface area contributed by atoms with Crippen LogP contribution in [-0.2, 0) is 9.47 Å². The summed E-state index contributed by atoms with van der Waals surface area (Å²) in [6.45, 7) is 2.11. The lowest BCUT2D eigenvalue weighted by atomic mass is 10.1. The predicted octanol–water partition coefficient (Wildman–Crippen LogP) is 3.44. The average molecular weight is 296 g/mol. The van der Waals surface area contributed by atoms with E-state index in [9.17, 15) is 9.59 Å². The fourth-order valence-corrected chi connectivity index (χ4v) is 3.21. The Morgan fingerprint density at radius 2 is 2.05 bits per heavy atom. The molecule has 2 rings (SSSR count). The number of rotatable bonds is 4. The molecule has 2 heterocycles. The number of thiophene rings is 2. The first kappa shape index (κ1) is 13.8. The quantitative estimate of drug-likeness (QED) is 0.811. The number of hydrogen-bond donors (Lipinski definition) is 0. The van der Waals surface area contributed by atoms with Crippen molar-refractivity contribution in [3.63, 3.8) is 0 Å². The number of methoxy groups -OCH3 is 1. The Morgan fingerprint density at radius 3 is 2.74 bits per heavy atom. The molecule has 0 aliphatic heterocycles. The van der Waals surface area contributed by atoms with Gasteiger partial charge in [-0.25, -0.2) is 9.59 Å². The van der Waals surface area contributed by atoms with Crippen molar-refractivity contribution in [3.8, 4) is 11.1 Å². The van der Waals surface area contributed by atoms with Crippen molar-refractivity contribution in [2.45, 2.75) is 6.92 Å². The van der Waals surface area contributed by atoms with Crippen molar-refractivity contribution < 1.29 is 19.1 Å². The smallest absolute Gasteiger partial charge is 0.348 e. The molecule has 0 saturated carbocycles. The largest absolute Gasteiger partial charge is 0.465 e. The van der Waals surface area contributed by atoms with E-state index >= 15 is 0 Å². The van der Waals surface area contributed by atoms with E-state index in [0.717, 1.165) is 11.1 Å². The minimum atomic E-state index is -0.371. The van der Waals surface area contributed by atoms with Crippen molar-refractivity contribution in [1.82, 2.24) is 0 Å². The van der Waals surface area contributed by atoms with Crippen LogP contribution in [0.15, 0.2) is 22.9 Å². The van der Waals surface area contributed by atoms with Gasteiger partial charge in [0.1, 0.15) is 9.75 Å². The van der Waals surface area contributed by atoms with Crippen molar-refractivity contribution in [2.75, 3.05) is 13.7 Å². The third-order valence-electron chi connectivity index (χ3n) is 2.42. The molecule has 2 aromatic rings. The first-order chi connectivity index (χ1) is 9.17. The summed E-state index contributed by atoms with van der Waals surface area (Å²) < 4.78 is 9.67. The van der Waals surface area contributed by atoms with E-state index in [1.165, 1.54) is 29.8 Å². The second-order valence-electron chi connectivity index (χ2n) is 3.58. The van der Waals surface area contributed by atoms with Crippen LogP contribution in [0.25, 0.3) is 11.1 Å². The average Bonchev–Trinajstić information content (AvgIpc) is 3.06. The van der Waals surface area contributed by atoms with Crippen LogP contribution in [0.1, 0.15) is 26.3 Å². The molecule has 0 aliphatic carbocycles. The van der Waals surface area contributed by atoms with Gasteiger partial charge in [-0.3, -0.25) is 0 Å². The van der Waals surface area contributed by atoms with Gasteiger partial charge in [-0.1, -0.05) is 0 Å². The van der Waals surface area contributed by atoms with E-state index in [-0.39, 0.29) is 11.9 Å². The third-order valence-corrected chi connectivity index (χ3v) is 4.23. The number of carbonyl (C=O) groups is 2. The molecule has 0 saturated heterocycles. The maximum absolute atomic E-state index is 11.8. The van der Waals surface area contributed by atoms with Gasteiger partial charge in [0.25, 0.3) is 0 Å². The lowest BCUT2D eigenvalue weighted by Crippen LogP contribution is -2.03. The molecule has 0 amide bonds. The molecule has 0 radical (unpaired) electrons. The Kier molecular flexibility index (Phi) is 4.34. The zero-order valence-electron chi connectivity index (χ0n) is 10.5. The predicted molar refractivity (Wildman–Crippen MR) is 74.9 cm³/mol. The van der Waals surface area contributed by atoms with Crippen LogP contribution in [0.4, 0.5) is 0 Å². The summed E-state index contributed by atoms with van der Waals surface area (Å²) in [4.78, 5) is 24.3. The minimum absolute atomic E-state index is 0.335. The summed E-state index contributed by atoms with van der Waals surface area (Å²) in [5.41, 5.74) is 1.62. The molecule has 4 nitrogen and oxygen atoms in total. The number of hydrogen-bond acceptors (Lipinski definition) is 6.